The number of esters is 2. The molecule has 136 valence electrons. The van der Waals surface area contributed by atoms with Gasteiger partial charge in [-0.05, 0) is 36.8 Å². The summed E-state index contributed by atoms with van der Waals surface area (Å²) in [6.07, 6.45) is 4.86. The zero-order chi connectivity index (χ0) is 18.4. The van der Waals surface area contributed by atoms with E-state index in [-0.39, 0.29) is 12.4 Å². The number of hydrogen-bond acceptors (Lipinski definition) is 5. The number of ether oxygens (including phenoxy) is 3. The zero-order valence-corrected chi connectivity index (χ0v) is 14.8. The molecule has 0 fully saturated rings. The first kappa shape index (κ1) is 18.0. The molecule has 1 heterocycles. The van der Waals surface area contributed by atoms with E-state index in [4.69, 9.17) is 14.2 Å². The van der Waals surface area contributed by atoms with Gasteiger partial charge in [0.05, 0.1) is 18.6 Å². The van der Waals surface area contributed by atoms with Gasteiger partial charge in [0, 0.05) is 11.6 Å². The minimum absolute atomic E-state index is 0.253. The van der Waals surface area contributed by atoms with E-state index < -0.39 is 5.97 Å². The summed E-state index contributed by atoms with van der Waals surface area (Å²) in [7, 11) is 0. The monoisotopic (exact) mass is 354 g/mol. The van der Waals surface area contributed by atoms with Crippen LogP contribution in [0.1, 0.15) is 48.5 Å². The van der Waals surface area contributed by atoms with E-state index in [9.17, 15) is 9.59 Å². The molecular formula is C21H22O5. The Morgan fingerprint density at radius 2 is 1.81 bits per heavy atom. The number of unbranched alkanes of at least 4 members (excludes halogenated alkanes) is 3. The number of benzene rings is 2. The van der Waals surface area contributed by atoms with Gasteiger partial charge < -0.3 is 14.2 Å². The molecule has 5 nitrogen and oxygen atoms in total. The third-order valence-corrected chi connectivity index (χ3v) is 4.16. The summed E-state index contributed by atoms with van der Waals surface area (Å²) < 4.78 is 16.1. The normalized spacial score (nSPS) is 12.4. The van der Waals surface area contributed by atoms with Crippen molar-refractivity contribution in [3.05, 3.63) is 53.6 Å². The Morgan fingerprint density at radius 3 is 2.58 bits per heavy atom. The molecule has 0 bridgehead atoms. The van der Waals surface area contributed by atoms with Crippen molar-refractivity contribution in [1.82, 2.24) is 0 Å². The Morgan fingerprint density at radius 1 is 1.04 bits per heavy atom. The van der Waals surface area contributed by atoms with Gasteiger partial charge in [0.15, 0.2) is 0 Å². The van der Waals surface area contributed by atoms with Crippen LogP contribution in [0.2, 0.25) is 0 Å². The Bertz CT molecular complexity index is 779. The van der Waals surface area contributed by atoms with Gasteiger partial charge in [0.2, 0.25) is 0 Å². The van der Waals surface area contributed by atoms with Gasteiger partial charge in [-0.1, -0.05) is 32.3 Å². The van der Waals surface area contributed by atoms with E-state index in [2.05, 4.69) is 6.92 Å². The second-order valence-electron chi connectivity index (χ2n) is 6.24. The molecule has 5 heteroatoms. The highest BCUT2D eigenvalue weighted by Crippen LogP contribution is 2.30. The summed E-state index contributed by atoms with van der Waals surface area (Å²) in [4.78, 5) is 23.5. The number of fused-ring (bicyclic) bond motifs is 1. The fourth-order valence-electron chi connectivity index (χ4n) is 2.73. The molecule has 0 saturated carbocycles. The largest absolute Gasteiger partial charge is 0.494 e. The van der Waals surface area contributed by atoms with Crippen LogP contribution in [-0.4, -0.2) is 18.5 Å². The molecule has 0 saturated heterocycles. The molecule has 0 amide bonds. The molecule has 0 aliphatic carbocycles. The fourth-order valence-corrected chi connectivity index (χ4v) is 2.73. The second kappa shape index (κ2) is 8.52. The van der Waals surface area contributed by atoms with Crippen LogP contribution in [0.15, 0.2) is 42.5 Å². The molecule has 1 aliphatic heterocycles. The standard InChI is InChI=1S/C21H22O5/c1-2-3-4-5-12-24-17-9-6-15(7-10-17)21(23)25-18-11-8-16-13-20(22)26-19(16)14-18/h6-11,14H,2-5,12-13H2,1H3. The first-order chi connectivity index (χ1) is 12.7. The van der Waals surface area contributed by atoms with Crippen LogP contribution in [0.5, 0.6) is 17.2 Å². The van der Waals surface area contributed by atoms with Gasteiger partial charge in [-0.3, -0.25) is 4.79 Å². The molecule has 1 aliphatic rings. The predicted molar refractivity (Wildman–Crippen MR) is 96.8 cm³/mol. The molecule has 0 atom stereocenters. The average molecular weight is 354 g/mol. The van der Waals surface area contributed by atoms with Gasteiger partial charge in [0.25, 0.3) is 0 Å². The van der Waals surface area contributed by atoms with Gasteiger partial charge in [0.1, 0.15) is 17.2 Å². The van der Waals surface area contributed by atoms with Gasteiger partial charge in [-0.2, -0.15) is 0 Å². The van der Waals surface area contributed by atoms with Crippen LogP contribution in [0.25, 0.3) is 0 Å². The van der Waals surface area contributed by atoms with Crippen molar-refractivity contribution in [3.63, 3.8) is 0 Å². The van der Waals surface area contributed by atoms with Crippen molar-refractivity contribution in [2.75, 3.05) is 6.61 Å². The summed E-state index contributed by atoms with van der Waals surface area (Å²) in [5.74, 6) is 0.770. The van der Waals surface area contributed by atoms with E-state index in [0.29, 0.717) is 23.7 Å². The van der Waals surface area contributed by atoms with Crippen molar-refractivity contribution in [2.45, 2.75) is 39.0 Å². The lowest BCUT2D eigenvalue weighted by atomic mass is 10.1. The van der Waals surface area contributed by atoms with E-state index >= 15 is 0 Å². The quantitative estimate of drug-likeness (QED) is 0.401. The zero-order valence-electron chi connectivity index (χ0n) is 14.8. The lowest BCUT2D eigenvalue weighted by molar-refractivity contribution is -0.131. The van der Waals surface area contributed by atoms with E-state index in [1.807, 2.05) is 0 Å². The third-order valence-electron chi connectivity index (χ3n) is 4.16. The minimum Gasteiger partial charge on any atom is -0.494 e. The van der Waals surface area contributed by atoms with Crippen LogP contribution in [-0.2, 0) is 11.2 Å². The van der Waals surface area contributed by atoms with Gasteiger partial charge >= 0.3 is 11.9 Å². The van der Waals surface area contributed by atoms with Crippen molar-refractivity contribution >= 4 is 11.9 Å². The average Bonchev–Trinajstić information content (AvgIpc) is 3.01. The molecule has 0 N–H and O–H groups in total. The maximum absolute atomic E-state index is 12.3. The van der Waals surface area contributed by atoms with E-state index in [0.717, 1.165) is 24.2 Å². The van der Waals surface area contributed by atoms with Crippen molar-refractivity contribution in [1.29, 1.82) is 0 Å². The molecule has 0 spiro atoms. The summed E-state index contributed by atoms with van der Waals surface area (Å²) in [5, 5.41) is 0. The maximum Gasteiger partial charge on any atom is 0.343 e. The Balaban J connectivity index is 1.53. The molecule has 0 unspecified atom stereocenters. The highest BCUT2D eigenvalue weighted by molar-refractivity contribution is 5.91. The summed E-state index contributed by atoms with van der Waals surface area (Å²) in [6.45, 7) is 2.85. The van der Waals surface area contributed by atoms with E-state index in [1.54, 1.807) is 42.5 Å². The first-order valence-corrected chi connectivity index (χ1v) is 8.94. The van der Waals surface area contributed by atoms with Crippen LogP contribution < -0.4 is 14.2 Å². The molecule has 2 aromatic carbocycles. The smallest absolute Gasteiger partial charge is 0.343 e. The lowest BCUT2D eigenvalue weighted by Crippen LogP contribution is -2.08. The highest BCUT2D eigenvalue weighted by Gasteiger charge is 2.21. The molecule has 0 radical (unpaired) electrons. The number of carbonyl (C=O) groups excluding carboxylic acids is 2. The molecule has 3 rings (SSSR count). The molecular weight excluding hydrogens is 332 g/mol. The van der Waals surface area contributed by atoms with Crippen LogP contribution in [0.4, 0.5) is 0 Å². The number of hydrogen-bond donors (Lipinski definition) is 0. The topological polar surface area (TPSA) is 61.8 Å². The predicted octanol–water partition coefficient (Wildman–Crippen LogP) is 4.33. The van der Waals surface area contributed by atoms with Gasteiger partial charge in [-0.15, -0.1) is 0 Å². The Labute approximate surface area is 152 Å². The van der Waals surface area contributed by atoms with Crippen LogP contribution in [0, 0.1) is 0 Å². The second-order valence-corrected chi connectivity index (χ2v) is 6.24. The molecule has 0 aromatic heterocycles. The Kier molecular flexibility index (Phi) is 5.89. The van der Waals surface area contributed by atoms with E-state index in [1.165, 1.54) is 12.8 Å². The minimum atomic E-state index is -0.469. The van der Waals surface area contributed by atoms with Crippen molar-refractivity contribution < 1.29 is 23.8 Å². The highest BCUT2D eigenvalue weighted by atomic mass is 16.5. The lowest BCUT2D eigenvalue weighted by Gasteiger charge is -2.08. The van der Waals surface area contributed by atoms with Crippen LogP contribution >= 0.6 is 0 Å². The summed E-state index contributed by atoms with van der Waals surface area (Å²) in [6, 6.07) is 11.8. The maximum atomic E-state index is 12.3. The summed E-state index contributed by atoms with van der Waals surface area (Å²) in [5.41, 5.74) is 1.23. The summed E-state index contributed by atoms with van der Waals surface area (Å²) >= 11 is 0. The third kappa shape index (κ3) is 4.63. The number of carbonyl (C=O) groups is 2. The molecule has 2 aromatic rings. The number of rotatable bonds is 8. The van der Waals surface area contributed by atoms with Crippen molar-refractivity contribution in [3.8, 4) is 17.2 Å². The Hall–Kier alpha value is -2.82. The SMILES string of the molecule is CCCCCCOc1ccc(C(=O)Oc2ccc3c(c2)OC(=O)C3)cc1. The van der Waals surface area contributed by atoms with Crippen LogP contribution in [0.3, 0.4) is 0 Å². The van der Waals surface area contributed by atoms with Gasteiger partial charge in [-0.25, -0.2) is 4.79 Å². The first-order valence-electron chi connectivity index (χ1n) is 8.94. The molecule has 26 heavy (non-hydrogen) atoms. The van der Waals surface area contributed by atoms with Crippen molar-refractivity contribution in [2.24, 2.45) is 0 Å². The fraction of sp³-hybridized carbons (Fsp3) is 0.333.